The second-order valence-corrected chi connectivity index (χ2v) is 9.80. The molecule has 2 aromatic carbocycles. The van der Waals surface area contributed by atoms with Crippen LogP contribution in [-0.4, -0.2) is 51.9 Å². The van der Waals surface area contributed by atoms with E-state index in [2.05, 4.69) is 10.0 Å². The number of likely N-dealkylation sites (N-methyl/N-ethyl adjacent to an activating group) is 1. The van der Waals surface area contributed by atoms with Gasteiger partial charge in [0.25, 0.3) is 0 Å². The van der Waals surface area contributed by atoms with Crippen molar-refractivity contribution in [2.75, 3.05) is 26.0 Å². The molecule has 8 nitrogen and oxygen atoms in total. The third-order valence-corrected chi connectivity index (χ3v) is 6.23. The number of nitrogens with zero attached hydrogens (tertiary/aromatic N) is 1. The number of carbonyl (C=O) groups is 2. The molecule has 9 heteroatoms. The number of hydrogen-bond acceptors (Lipinski definition) is 5. The number of benzene rings is 2. The van der Waals surface area contributed by atoms with E-state index in [4.69, 9.17) is 4.74 Å². The van der Waals surface area contributed by atoms with Crippen LogP contribution in [0.1, 0.15) is 25.8 Å². The number of rotatable bonds is 10. The highest BCUT2D eigenvalue weighted by Crippen LogP contribution is 2.17. The molecule has 2 aromatic rings. The second-order valence-electron chi connectivity index (χ2n) is 8.09. The van der Waals surface area contributed by atoms with E-state index < -0.39 is 27.9 Å². The summed E-state index contributed by atoms with van der Waals surface area (Å²) in [6.07, 6.45) is 0.297. The van der Waals surface area contributed by atoms with E-state index in [1.165, 1.54) is 31.2 Å². The molecule has 0 saturated heterocycles. The average Bonchev–Trinajstić information content (AvgIpc) is 2.72. The molecule has 0 fully saturated rings. The standard InChI is InChI=1S/C23H31N3O5S/c1-16(2)13-21(25-32(29,30)20-11-9-17(3)10-12-20)23(28)26(4)15-22(27)24-18-7-6-8-19(14-18)31-5/h6-12,14,16,21,25H,13,15H2,1-5H3,(H,24,27). The van der Waals surface area contributed by atoms with Crippen LogP contribution in [0.5, 0.6) is 5.75 Å². The molecule has 0 aliphatic rings. The fourth-order valence-electron chi connectivity index (χ4n) is 3.10. The first-order chi connectivity index (χ1) is 15.0. The highest BCUT2D eigenvalue weighted by Gasteiger charge is 2.29. The van der Waals surface area contributed by atoms with Gasteiger partial charge in [-0.3, -0.25) is 9.59 Å². The molecule has 0 radical (unpaired) electrons. The first kappa shape index (κ1) is 25.4. The fourth-order valence-corrected chi connectivity index (χ4v) is 4.31. The van der Waals surface area contributed by atoms with Gasteiger partial charge in [-0.25, -0.2) is 8.42 Å². The number of aryl methyl sites for hydroxylation is 1. The molecule has 2 N–H and O–H groups in total. The SMILES string of the molecule is COc1cccc(NC(=O)CN(C)C(=O)C(CC(C)C)NS(=O)(=O)c2ccc(C)cc2)c1. The smallest absolute Gasteiger partial charge is 0.243 e. The molecular formula is C23H31N3O5S. The van der Waals surface area contributed by atoms with E-state index in [1.54, 1.807) is 36.4 Å². The van der Waals surface area contributed by atoms with Crippen LogP contribution in [0, 0.1) is 12.8 Å². The Bertz CT molecular complexity index is 1040. The lowest BCUT2D eigenvalue weighted by Crippen LogP contribution is -2.49. The van der Waals surface area contributed by atoms with Gasteiger partial charge in [0, 0.05) is 18.8 Å². The summed E-state index contributed by atoms with van der Waals surface area (Å²) in [7, 11) is -0.896. The van der Waals surface area contributed by atoms with Crippen molar-refractivity contribution in [3.8, 4) is 5.75 Å². The first-order valence-electron chi connectivity index (χ1n) is 10.3. The third-order valence-electron chi connectivity index (χ3n) is 4.74. The minimum absolute atomic E-state index is 0.0590. The minimum Gasteiger partial charge on any atom is -0.497 e. The lowest BCUT2D eigenvalue weighted by atomic mass is 10.0. The molecule has 0 aliphatic carbocycles. The number of hydrogen-bond donors (Lipinski definition) is 2. The number of sulfonamides is 1. The van der Waals surface area contributed by atoms with Gasteiger partial charge in [-0.05, 0) is 43.5 Å². The Balaban J connectivity index is 2.10. The van der Waals surface area contributed by atoms with E-state index in [0.717, 1.165) is 5.56 Å². The predicted molar refractivity (Wildman–Crippen MR) is 124 cm³/mol. The highest BCUT2D eigenvalue weighted by molar-refractivity contribution is 7.89. The minimum atomic E-state index is -3.90. The number of ether oxygens (including phenoxy) is 1. The number of methoxy groups -OCH3 is 1. The van der Waals surface area contributed by atoms with Crippen molar-refractivity contribution < 1.29 is 22.7 Å². The lowest BCUT2D eigenvalue weighted by molar-refractivity contribution is -0.135. The Labute approximate surface area is 190 Å². The molecule has 32 heavy (non-hydrogen) atoms. The lowest BCUT2D eigenvalue weighted by Gasteiger charge is -2.25. The van der Waals surface area contributed by atoms with Crippen molar-refractivity contribution in [2.45, 2.75) is 38.1 Å². The Kier molecular flexibility index (Phi) is 8.80. The van der Waals surface area contributed by atoms with E-state index >= 15 is 0 Å². The molecule has 0 spiro atoms. The third kappa shape index (κ3) is 7.35. The van der Waals surface area contributed by atoms with Crippen LogP contribution in [0.3, 0.4) is 0 Å². The van der Waals surface area contributed by atoms with Gasteiger partial charge in [0.2, 0.25) is 21.8 Å². The number of carbonyl (C=O) groups excluding carboxylic acids is 2. The Morgan fingerprint density at radius 3 is 2.34 bits per heavy atom. The Morgan fingerprint density at radius 2 is 1.75 bits per heavy atom. The average molecular weight is 462 g/mol. The van der Waals surface area contributed by atoms with Gasteiger partial charge in [0.15, 0.2) is 0 Å². The normalized spacial score (nSPS) is 12.3. The maximum atomic E-state index is 13.0. The summed E-state index contributed by atoms with van der Waals surface area (Å²) in [6.45, 7) is 5.43. The van der Waals surface area contributed by atoms with Crippen LogP contribution in [0.25, 0.3) is 0 Å². The molecule has 1 unspecified atom stereocenters. The molecular weight excluding hydrogens is 430 g/mol. The summed E-state index contributed by atoms with van der Waals surface area (Å²) in [5.74, 6) is -0.229. The fraction of sp³-hybridized carbons (Fsp3) is 0.391. The van der Waals surface area contributed by atoms with Gasteiger partial charge in [-0.2, -0.15) is 4.72 Å². The molecule has 2 amide bonds. The molecule has 0 aromatic heterocycles. The van der Waals surface area contributed by atoms with Crippen LogP contribution in [0.4, 0.5) is 5.69 Å². The number of amides is 2. The summed E-state index contributed by atoms with van der Waals surface area (Å²) in [4.78, 5) is 26.8. The number of nitrogens with one attached hydrogen (secondary N) is 2. The van der Waals surface area contributed by atoms with Gasteiger partial charge >= 0.3 is 0 Å². The zero-order chi connectivity index (χ0) is 23.9. The topological polar surface area (TPSA) is 105 Å². The van der Waals surface area contributed by atoms with E-state index in [9.17, 15) is 18.0 Å². The number of anilines is 1. The van der Waals surface area contributed by atoms with Crippen LogP contribution in [-0.2, 0) is 19.6 Å². The largest absolute Gasteiger partial charge is 0.497 e. The van der Waals surface area contributed by atoms with E-state index in [0.29, 0.717) is 17.9 Å². The molecule has 0 bridgehead atoms. The van der Waals surface area contributed by atoms with Crippen LogP contribution < -0.4 is 14.8 Å². The molecule has 0 saturated carbocycles. The van der Waals surface area contributed by atoms with Crippen molar-refractivity contribution in [2.24, 2.45) is 5.92 Å². The van der Waals surface area contributed by atoms with Crippen LogP contribution >= 0.6 is 0 Å². The summed E-state index contributed by atoms with van der Waals surface area (Å²) >= 11 is 0. The van der Waals surface area contributed by atoms with Gasteiger partial charge in [-0.1, -0.05) is 37.6 Å². The first-order valence-corrected chi connectivity index (χ1v) is 11.8. The highest BCUT2D eigenvalue weighted by atomic mass is 32.2. The van der Waals surface area contributed by atoms with Crippen molar-refractivity contribution in [1.29, 1.82) is 0 Å². The summed E-state index contributed by atoms with van der Waals surface area (Å²) in [5.41, 5.74) is 1.47. The quantitative estimate of drug-likeness (QED) is 0.566. The van der Waals surface area contributed by atoms with Gasteiger partial charge in [0.05, 0.1) is 18.6 Å². The van der Waals surface area contributed by atoms with E-state index in [-0.39, 0.29) is 17.4 Å². The van der Waals surface area contributed by atoms with Gasteiger partial charge < -0.3 is 15.0 Å². The second kappa shape index (κ2) is 11.1. The van der Waals surface area contributed by atoms with Crippen molar-refractivity contribution in [3.63, 3.8) is 0 Å². The molecule has 0 aliphatic heterocycles. The molecule has 174 valence electrons. The van der Waals surface area contributed by atoms with E-state index in [1.807, 2.05) is 20.8 Å². The molecule has 0 heterocycles. The molecule has 1 atom stereocenters. The maximum absolute atomic E-state index is 13.0. The summed E-state index contributed by atoms with van der Waals surface area (Å²) in [6, 6.07) is 12.3. The van der Waals surface area contributed by atoms with Gasteiger partial charge in [-0.15, -0.1) is 0 Å². The maximum Gasteiger partial charge on any atom is 0.243 e. The Hall–Kier alpha value is -2.91. The predicted octanol–water partition coefficient (Wildman–Crippen LogP) is 2.79. The summed E-state index contributed by atoms with van der Waals surface area (Å²) < 4.78 is 33.3. The summed E-state index contributed by atoms with van der Waals surface area (Å²) in [5, 5.41) is 2.71. The zero-order valence-corrected chi connectivity index (χ0v) is 19.9. The van der Waals surface area contributed by atoms with Crippen molar-refractivity contribution >= 4 is 27.5 Å². The van der Waals surface area contributed by atoms with Crippen molar-refractivity contribution in [3.05, 3.63) is 54.1 Å². The van der Waals surface area contributed by atoms with Crippen LogP contribution in [0.15, 0.2) is 53.4 Å². The molecule has 2 rings (SSSR count). The van der Waals surface area contributed by atoms with Crippen LogP contribution in [0.2, 0.25) is 0 Å². The van der Waals surface area contributed by atoms with Gasteiger partial charge in [0.1, 0.15) is 11.8 Å². The monoisotopic (exact) mass is 461 g/mol. The van der Waals surface area contributed by atoms with Crippen molar-refractivity contribution in [1.82, 2.24) is 9.62 Å². The zero-order valence-electron chi connectivity index (χ0n) is 19.1. The Morgan fingerprint density at radius 1 is 1.09 bits per heavy atom.